The summed E-state index contributed by atoms with van der Waals surface area (Å²) in [6.07, 6.45) is 0.895. The van der Waals surface area contributed by atoms with E-state index in [1.54, 1.807) is 0 Å². The highest BCUT2D eigenvalue weighted by Gasteiger charge is 2.55. The number of aliphatic carboxylic acids is 4. The van der Waals surface area contributed by atoms with E-state index in [9.17, 15) is 44.7 Å². The lowest BCUT2D eigenvalue weighted by Crippen LogP contribution is -2.59. The Morgan fingerprint density at radius 1 is 0.727 bits per heavy atom. The normalized spacial score (nSPS) is 16.6. The summed E-state index contributed by atoms with van der Waals surface area (Å²) in [6, 6.07) is 0. The molecular weight excluding hydrogens is 444 g/mol. The average molecular weight is 472 g/mol. The molecule has 0 bridgehead atoms. The smallest absolute Gasteiger partial charge is 0.334 e. The van der Waals surface area contributed by atoms with Crippen LogP contribution in [-0.2, 0) is 23.9 Å². The Hall–Kier alpha value is -3.48. The van der Waals surface area contributed by atoms with Crippen LogP contribution < -0.4 is 0 Å². The number of hydrogen-bond acceptors (Lipinski definition) is 8. The van der Waals surface area contributed by atoms with Crippen LogP contribution in [0.3, 0.4) is 0 Å². The van der Waals surface area contributed by atoms with E-state index >= 15 is 0 Å². The zero-order valence-corrected chi connectivity index (χ0v) is 18.5. The van der Waals surface area contributed by atoms with E-state index in [-0.39, 0.29) is 0 Å². The van der Waals surface area contributed by atoms with Gasteiger partial charge < -0.3 is 40.5 Å². The molecule has 0 rings (SSSR count). The topological polar surface area (TPSA) is 219 Å². The van der Waals surface area contributed by atoms with Gasteiger partial charge in [0.1, 0.15) is 0 Å². The fourth-order valence-corrected chi connectivity index (χ4v) is 2.70. The Morgan fingerprint density at radius 2 is 1.09 bits per heavy atom. The number of carboxylic acids is 4. The highest BCUT2D eigenvalue weighted by Crippen LogP contribution is 2.43. The van der Waals surface area contributed by atoms with Crippen LogP contribution in [0.5, 0.6) is 0 Å². The van der Waals surface area contributed by atoms with E-state index in [1.165, 1.54) is 0 Å². The highest BCUT2D eigenvalue weighted by molar-refractivity contribution is 5.88. The minimum Gasteiger partial charge on any atom is -0.485 e. The summed E-state index contributed by atoms with van der Waals surface area (Å²) in [5.74, 6) is -5.94. The molecular formula is C21H28O12. The van der Waals surface area contributed by atoms with Crippen molar-refractivity contribution in [3.8, 4) is 0 Å². The fourth-order valence-electron chi connectivity index (χ4n) is 2.70. The number of carboxylic acid groups (broad SMARTS) is 4. The largest absolute Gasteiger partial charge is 0.485 e. The summed E-state index contributed by atoms with van der Waals surface area (Å²) in [5.41, 5.74) is -6.68. The first-order valence-corrected chi connectivity index (χ1v) is 9.35. The van der Waals surface area contributed by atoms with Crippen LogP contribution >= 0.6 is 0 Å². The molecule has 12 nitrogen and oxygen atoms in total. The maximum absolute atomic E-state index is 11.5. The summed E-state index contributed by atoms with van der Waals surface area (Å²) in [7, 11) is 0. The molecule has 0 amide bonds. The van der Waals surface area contributed by atoms with Crippen molar-refractivity contribution in [3.05, 3.63) is 46.8 Å². The second kappa shape index (κ2) is 11.9. The van der Waals surface area contributed by atoms with Crippen molar-refractivity contribution in [1.29, 1.82) is 0 Å². The van der Waals surface area contributed by atoms with Gasteiger partial charge in [-0.2, -0.15) is 0 Å². The number of hydrogen-bond donors (Lipinski definition) is 7. The zero-order chi connectivity index (χ0) is 26.1. The van der Waals surface area contributed by atoms with Crippen LogP contribution in [0.1, 0.15) is 27.7 Å². The highest BCUT2D eigenvalue weighted by atomic mass is 16.5. The Kier molecular flexibility index (Phi) is 10.7. The van der Waals surface area contributed by atoms with Crippen molar-refractivity contribution in [1.82, 2.24) is 0 Å². The van der Waals surface area contributed by atoms with Crippen molar-refractivity contribution in [2.45, 2.75) is 39.4 Å². The van der Waals surface area contributed by atoms with Gasteiger partial charge in [0.05, 0.1) is 36.6 Å². The standard InChI is InChI=1S/C21H28O12/c1-11(16(25)26)5-15(24)20(9-22,10-23)21(6-12(2)17(27)28,7-13(3)18(29)30)33-8-14(4)19(31)32/h5-8,15,22-24H,9-10H2,1-4H3,(H,25,26)(H,27,28)(H,29,30)(H,31,32). The predicted molar refractivity (Wildman–Crippen MR) is 112 cm³/mol. The molecule has 1 atom stereocenters. The quantitative estimate of drug-likeness (QED) is 0.141. The average Bonchev–Trinajstić information content (AvgIpc) is 2.72. The van der Waals surface area contributed by atoms with Crippen LogP contribution in [0.15, 0.2) is 46.8 Å². The lowest BCUT2D eigenvalue weighted by Gasteiger charge is -2.47. The molecule has 33 heavy (non-hydrogen) atoms. The van der Waals surface area contributed by atoms with Gasteiger partial charge in [-0.05, 0) is 45.9 Å². The summed E-state index contributed by atoms with van der Waals surface area (Å²) < 4.78 is 5.53. The summed E-state index contributed by atoms with van der Waals surface area (Å²) in [6.45, 7) is 1.98. The molecule has 0 heterocycles. The molecule has 0 radical (unpaired) electrons. The summed E-state index contributed by atoms with van der Waals surface area (Å²) in [4.78, 5) is 45.5. The predicted octanol–water partition coefficient (Wildman–Crippen LogP) is 0.155. The maximum atomic E-state index is 11.5. The van der Waals surface area contributed by atoms with Gasteiger partial charge in [0.15, 0.2) is 5.60 Å². The van der Waals surface area contributed by atoms with Crippen LogP contribution in [-0.4, -0.2) is 84.5 Å². The van der Waals surface area contributed by atoms with Gasteiger partial charge in [0.25, 0.3) is 0 Å². The van der Waals surface area contributed by atoms with Crippen molar-refractivity contribution in [2.24, 2.45) is 5.41 Å². The lowest BCUT2D eigenvalue weighted by atomic mass is 9.66. The SMILES string of the molecule is CC(=COC(C=C(C)C(=O)O)(C=C(C)C(=O)O)C(CO)(CO)C(O)C=C(C)C(=O)O)C(=O)O. The Labute approximate surface area is 189 Å². The van der Waals surface area contributed by atoms with Gasteiger partial charge in [-0.3, -0.25) is 0 Å². The third-order valence-corrected chi connectivity index (χ3v) is 4.96. The van der Waals surface area contributed by atoms with Gasteiger partial charge >= 0.3 is 23.9 Å². The van der Waals surface area contributed by atoms with Gasteiger partial charge in [-0.25, -0.2) is 19.2 Å². The van der Waals surface area contributed by atoms with E-state index < -0.39 is 76.5 Å². The molecule has 7 N–H and O–H groups in total. The fraction of sp³-hybridized carbons (Fsp3) is 0.429. The van der Waals surface area contributed by atoms with Crippen molar-refractivity contribution >= 4 is 23.9 Å². The number of aliphatic hydroxyl groups excluding tert-OH is 3. The first-order valence-electron chi connectivity index (χ1n) is 9.35. The first-order chi connectivity index (χ1) is 15.1. The first kappa shape index (κ1) is 29.5. The maximum Gasteiger partial charge on any atom is 0.334 e. The van der Waals surface area contributed by atoms with Gasteiger partial charge in [-0.15, -0.1) is 0 Å². The molecule has 0 aromatic rings. The molecule has 0 aliphatic rings. The van der Waals surface area contributed by atoms with E-state index in [1.807, 2.05) is 0 Å². The number of aliphatic hydroxyl groups is 3. The molecule has 0 fully saturated rings. The van der Waals surface area contributed by atoms with E-state index in [4.69, 9.17) is 14.9 Å². The third kappa shape index (κ3) is 7.00. The Bertz CT molecular complexity index is 872. The van der Waals surface area contributed by atoms with Crippen molar-refractivity contribution in [3.63, 3.8) is 0 Å². The van der Waals surface area contributed by atoms with Crippen molar-refractivity contribution in [2.75, 3.05) is 13.2 Å². The van der Waals surface area contributed by atoms with Gasteiger partial charge in [0.2, 0.25) is 0 Å². The molecule has 0 spiro atoms. The molecule has 1 unspecified atom stereocenters. The zero-order valence-electron chi connectivity index (χ0n) is 18.5. The molecule has 0 saturated carbocycles. The molecule has 0 aromatic carbocycles. The number of carbonyl (C=O) groups is 4. The van der Waals surface area contributed by atoms with Crippen LogP contribution in [0.4, 0.5) is 0 Å². The number of rotatable bonds is 13. The summed E-state index contributed by atoms with van der Waals surface area (Å²) >= 11 is 0. The van der Waals surface area contributed by atoms with Gasteiger partial charge in [0, 0.05) is 16.7 Å². The third-order valence-electron chi connectivity index (χ3n) is 4.96. The molecule has 184 valence electrons. The molecule has 0 aliphatic heterocycles. The second-order valence-corrected chi connectivity index (χ2v) is 7.35. The Balaban J connectivity index is 7.62. The van der Waals surface area contributed by atoms with Gasteiger partial charge in [-0.1, -0.05) is 0 Å². The van der Waals surface area contributed by atoms with Crippen LogP contribution in [0.2, 0.25) is 0 Å². The molecule has 12 heteroatoms. The second-order valence-electron chi connectivity index (χ2n) is 7.35. The Morgan fingerprint density at radius 3 is 1.39 bits per heavy atom. The molecule has 0 aliphatic carbocycles. The summed E-state index contributed by atoms with van der Waals surface area (Å²) in [5, 5.41) is 68.4. The van der Waals surface area contributed by atoms with Crippen LogP contribution in [0.25, 0.3) is 0 Å². The van der Waals surface area contributed by atoms with Crippen molar-refractivity contribution < 1.29 is 59.7 Å². The lowest BCUT2D eigenvalue weighted by molar-refractivity contribution is -0.140. The van der Waals surface area contributed by atoms with E-state index in [2.05, 4.69) is 0 Å². The van der Waals surface area contributed by atoms with E-state index in [0.717, 1.165) is 45.9 Å². The van der Waals surface area contributed by atoms with E-state index in [0.29, 0.717) is 6.26 Å². The minimum atomic E-state index is -2.48. The number of ether oxygens (including phenoxy) is 1. The van der Waals surface area contributed by atoms with Crippen LogP contribution in [0, 0.1) is 5.41 Å². The molecule has 0 saturated heterocycles. The monoisotopic (exact) mass is 472 g/mol. The molecule has 0 aromatic heterocycles. The minimum absolute atomic E-state index is 0.419.